The lowest BCUT2D eigenvalue weighted by atomic mass is 10.3. The van der Waals surface area contributed by atoms with E-state index < -0.39 is 31.0 Å². The van der Waals surface area contributed by atoms with Crippen LogP contribution in [-0.4, -0.2) is 15.7 Å². The first kappa shape index (κ1) is 14.3. The molecule has 108 valence electrons. The summed E-state index contributed by atoms with van der Waals surface area (Å²) < 4.78 is 68.8. The minimum absolute atomic E-state index is 0.0361. The smallest absolute Gasteiger partial charge is 0.406 e. The summed E-state index contributed by atoms with van der Waals surface area (Å²) in [6.07, 6.45) is -2.10. The zero-order valence-electron chi connectivity index (χ0n) is 9.99. The molecule has 0 saturated carbocycles. The molecular formula is C12H9F5N2O. The van der Waals surface area contributed by atoms with E-state index in [1.165, 1.54) is 6.20 Å². The van der Waals surface area contributed by atoms with E-state index in [-0.39, 0.29) is 11.6 Å². The Kier molecular flexibility index (Phi) is 3.91. The van der Waals surface area contributed by atoms with Gasteiger partial charge in [0.2, 0.25) is 0 Å². The maximum atomic E-state index is 13.3. The maximum Gasteiger partial charge on any atom is 0.406 e. The van der Waals surface area contributed by atoms with Crippen molar-refractivity contribution < 1.29 is 26.7 Å². The van der Waals surface area contributed by atoms with Crippen LogP contribution in [0.4, 0.5) is 22.0 Å². The lowest BCUT2D eigenvalue weighted by Gasteiger charge is -2.11. The normalized spacial score (nSPS) is 11.7. The molecule has 0 spiro atoms. The number of nitrogens with zero attached hydrogens (tertiary/aromatic N) is 2. The Morgan fingerprint density at radius 3 is 2.65 bits per heavy atom. The Labute approximate surface area is 110 Å². The SMILES string of the molecule is Fc1ccc(F)c(OCc2nccn2CC(F)(F)F)c1. The molecular weight excluding hydrogens is 283 g/mol. The van der Waals surface area contributed by atoms with Crippen molar-refractivity contribution in [1.29, 1.82) is 0 Å². The zero-order chi connectivity index (χ0) is 14.8. The van der Waals surface area contributed by atoms with Crippen molar-refractivity contribution in [2.45, 2.75) is 19.3 Å². The third-order valence-corrected chi connectivity index (χ3v) is 2.40. The van der Waals surface area contributed by atoms with E-state index >= 15 is 0 Å². The molecule has 2 aromatic rings. The first-order chi connectivity index (χ1) is 9.35. The zero-order valence-corrected chi connectivity index (χ0v) is 9.99. The lowest BCUT2D eigenvalue weighted by Crippen LogP contribution is -2.19. The van der Waals surface area contributed by atoms with Gasteiger partial charge in [0.05, 0.1) is 0 Å². The predicted octanol–water partition coefficient (Wildman–Crippen LogP) is 3.30. The molecule has 1 aromatic heterocycles. The number of hydrogen-bond acceptors (Lipinski definition) is 2. The Bertz CT molecular complexity index is 594. The van der Waals surface area contributed by atoms with Gasteiger partial charge >= 0.3 is 6.18 Å². The second-order valence-electron chi connectivity index (χ2n) is 3.95. The van der Waals surface area contributed by atoms with Gasteiger partial charge in [-0.3, -0.25) is 0 Å². The summed E-state index contributed by atoms with van der Waals surface area (Å²) in [5.41, 5.74) is 0. The van der Waals surface area contributed by atoms with Crippen LogP contribution in [0.3, 0.4) is 0 Å². The molecule has 20 heavy (non-hydrogen) atoms. The van der Waals surface area contributed by atoms with Crippen molar-refractivity contribution in [2.24, 2.45) is 0 Å². The van der Waals surface area contributed by atoms with Crippen LogP contribution in [0.2, 0.25) is 0 Å². The quantitative estimate of drug-likeness (QED) is 0.808. The second-order valence-corrected chi connectivity index (χ2v) is 3.95. The maximum absolute atomic E-state index is 13.3. The van der Waals surface area contributed by atoms with Gasteiger partial charge in [-0.05, 0) is 12.1 Å². The molecule has 0 N–H and O–H groups in total. The Hall–Kier alpha value is -2.12. The molecule has 2 rings (SSSR count). The highest BCUT2D eigenvalue weighted by molar-refractivity contribution is 5.24. The molecule has 0 aliphatic carbocycles. The third-order valence-electron chi connectivity index (χ3n) is 2.40. The Morgan fingerprint density at radius 2 is 1.95 bits per heavy atom. The molecule has 0 saturated heterocycles. The summed E-state index contributed by atoms with van der Waals surface area (Å²) in [5.74, 6) is -1.93. The van der Waals surface area contributed by atoms with Gasteiger partial charge in [-0.25, -0.2) is 13.8 Å². The Balaban J connectivity index is 2.08. The van der Waals surface area contributed by atoms with Crippen molar-refractivity contribution in [3.8, 4) is 5.75 Å². The van der Waals surface area contributed by atoms with Crippen LogP contribution in [0.15, 0.2) is 30.6 Å². The summed E-state index contributed by atoms with van der Waals surface area (Å²) in [5, 5.41) is 0. The minimum atomic E-state index is -4.40. The molecule has 0 amide bonds. The van der Waals surface area contributed by atoms with Gasteiger partial charge in [-0.15, -0.1) is 0 Å². The standard InChI is InChI=1S/C12H9F5N2O/c13-8-1-2-9(14)10(5-8)20-6-11-18-3-4-19(11)7-12(15,16)17/h1-5H,6-7H2. The summed E-state index contributed by atoms with van der Waals surface area (Å²) in [6, 6.07) is 2.59. The highest BCUT2D eigenvalue weighted by Crippen LogP contribution is 2.21. The van der Waals surface area contributed by atoms with Crippen LogP contribution < -0.4 is 4.74 Å². The first-order valence-corrected chi connectivity index (χ1v) is 5.50. The number of ether oxygens (including phenoxy) is 1. The molecule has 1 heterocycles. The molecule has 0 aliphatic heterocycles. The molecule has 0 bridgehead atoms. The van der Waals surface area contributed by atoms with E-state index in [1.807, 2.05) is 0 Å². The van der Waals surface area contributed by atoms with Gasteiger partial charge in [-0.2, -0.15) is 13.2 Å². The molecule has 3 nitrogen and oxygen atoms in total. The van der Waals surface area contributed by atoms with Crippen molar-refractivity contribution in [3.63, 3.8) is 0 Å². The van der Waals surface area contributed by atoms with Crippen LogP contribution in [0.1, 0.15) is 5.82 Å². The molecule has 0 fully saturated rings. The molecule has 0 atom stereocenters. The summed E-state index contributed by atoms with van der Waals surface area (Å²) >= 11 is 0. The topological polar surface area (TPSA) is 27.1 Å². The summed E-state index contributed by atoms with van der Waals surface area (Å²) in [6.45, 7) is -1.62. The van der Waals surface area contributed by atoms with Crippen LogP contribution in [0, 0.1) is 11.6 Å². The van der Waals surface area contributed by atoms with Gasteiger partial charge in [0.1, 0.15) is 24.8 Å². The molecule has 8 heteroatoms. The van der Waals surface area contributed by atoms with E-state index in [0.29, 0.717) is 0 Å². The average molecular weight is 292 g/mol. The summed E-state index contributed by atoms with van der Waals surface area (Å²) in [4.78, 5) is 3.69. The van der Waals surface area contributed by atoms with Crippen molar-refractivity contribution in [2.75, 3.05) is 0 Å². The molecule has 0 aliphatic rings. The molecule has 1 aromatic carbocycles. The molecule has 0 unspecified atom stereocenters. The number of rotatable bonds is 4. The van der Waals surface area contributed by atoms with Crippen molar-refractivity contribution in [1.82, 2.24) is 9.55 Å². The monoisotopic (exact) mass is 292 g/mol. The largest absolute Gasteiger partial charge is 0.482 e. The minimum Gasteiger partial charge on any atom is -0.482 e. The average Bonchev–Trinajstić information content (AvgIpc) is 2.75. The fourth-order valence-corrected chi connectivity index (χ4v) is 1.55. The van der Waals surface area contributed by atoms with Gasteiger partial charge < -0.3 is 9.30 Å². The van der Waals surface area contributed by atoms with Gasteiger partial charge in [0, 0.05) is 18.5 Å². The Morgan fingerprint density at radius 1 is 1.20 bits per heavy atom. The van der Waals surface area contributed by atoms with E-state index in [0.717, 1.165) is 29.0 Å². The fourth-order valence-electron chi connectivity index (χ4n) is 1.55. The van der Waals surface area contributed by atoms with Crippen molar-refractivity contribution in [3.05, 3.63) is 48.1 Å². The van der Waals surface area contributed by atoms with E-state index in [1.54, 1.807) is 0 Å². The van der Waals surface area contributed by atoms with Crippen LogP contribution in [0.25, 0.3) is 0 Å². The first-order valence-electron chi connectivity index (χ1n) is 5.50. The number of benzene rings is 1. The van der Waals surface area contributed by atoms with E-state index in [9.17, 15) is 22.0 Å². The van der Waals surface area contributed by atoms with Crippen LogP contribution in [0.5, 0.6) is 5.75 Å². The van der Waals surface area contributed by atoms with Crippen LogP contribution >= 0.6 is 0 Å². The van der Waals surface area contributed by atoms with Gasteiger partial charge in [0.15, 0.2) is 11.6 Å². The number of alkyl halides is 3. The van der Waals surface area contributed by atoms with E-state index in [2.05, 4.69) is 4.98 Å². The molecule has 0 radical (unpaired) electrons. The third kappa shape index (κ3) is 3.69. The summed E-state index contributed by atoms with van der Waals surface area (Å²) in [7, 11) is 0. The number of aromatic nitrogens is 2. The van der Waals surface area contributed by atoms with Gasteiger partial charge in [0.25, 0.3) is 0 Å². The lowest BCUT2D eigenvalue weighted by molar-refractivity contribution is -0.141. The number of halogens is 5. The highest BCUT2D eigenvalue weighted by Gasteiger charge is 2.28. The fraction of sp³-hybridized carbons (Fsp3) is 0.250. The second kappa shape index (κ2) is 5.48. The number of imidazole rings is 1. The van der Waals surface area contributed by atoms with Crippen molar-refractivity contribution >= 4 is 0 Å². The van der Waals surface area contributed by atoms with Gasteiger partial charge in [-0.1, -0.05) is 0 Å². The van der Waals surface area contributed by atoms with E-state index in [4.69, 9.17) is 4.74 Å². The number of hydrogen-bond donors (Lipinski definition) is 0. The highest BCUT2D eigenvalue weighted by atomic mass is 19.4. The van der Waals surface area contributed by atoms with Crippen LogP contribution in [-0.2, 0) is 13.2 Å². The predicted molar refractivity (Wildman–Crippen MR) is 59.0 cm³/mol.